The molecule has 0 aromatic heterocycles. The molecular formula is C19H15F5N2O3. The minimum absolute atomic E-state index is 0.261. The Morgan fingerprint density at radius 2 is 1.66 bits per heavy atom. The van der Waals surface area contributed by atoms with Gasteiger partial charge < -0.3 is 9.47 Å². The van der Waals surface area contributed by atoms with Gasteiger partial charge in [-0.25, -0.2) is 22.0 Å². The maximum atomic E-state index is 13.5. The summed E-state index contributed by atoms with van der Waals surface area (Å²) in [5.74, 6) is -10.9. The highest BCUT2D eigenvalue weighted by Crippen LogP contribution is 2.29. The average molecular weight is 414 g/mol. The summed E-state index contributed by atoms with van der Waals surface area (Å²) >= 11 is 0. The first-order valence-corrected chi connectivity index (χ1v) is 7.97. The van der Waals surface area contributed by atoms with Crippen LogP contribution in [0.2, 0.25) is 0 Å². The lowest BCUT2D eigenvalue weighted by Crippen LogP contribution is -2.29. The van der Waals surface area contributed by atoms with Crippen LogP contribution in [0.4, 0.5) is 27.6 Å². The highest BCUT2D eigenvalue weighted by atomic mass is 19.2. The molecule has 0 spiro atoms. The van der Waals surface area contributed by atoms with Crippen LogP contribution < -0.4 is 20.3 Å². The van der Waals surface area contributed by atoms with Gasteiger partial charge in [0.15, 0.2) is 34.8 Å². The van der Waals surface area contributed by atoms with Crippen LogP contribution in [-0.4, -0.2) is 19.6 Å². The summed E-state index contributed by atoms with van der Waals surface area (Å²) in [5, 5.41) is 0. The van der Waals surface area contributed by atoms with Crippen LogP contribution >= 0.6 is 0 Å². The van der Waals surface area contributed by atoms with E-state index >= 15 is 0 Å². The number of anilines is 1. The fourth-order valence-electron chi connectivity index (χ4n) is 2.11. The van der Waals surface area contributed by atoms with Gasteiger partial charge in [0.05, 0.1) is 7.11 Å². The molecule has 0 saturated heterocycles. The number of carbonyl (C=O) groups excluding carboxylic acids is 1. The molecule has 2 aromatic carbocycles. The van der Waals surface area contributed by atoms with Crippen LogP contribution in [0.3, 0.4) is 0 Å². The number of hydrazine groups is 1. The molecule has 5 nitrogen and oxygen atoms in total. The monoisotopic (exact) mass is 414 g/mol. The van der Waals surface area contributed by atoms with Gasteiger partial charge >= 0.3 is 0 Å². The van der Waals surface area contributed by atoms with Crippen LogP contribution in [0.15, 0.2) is 36.9 Å². The summed E-state index contributed by atoms with van der Waals surface area (Å²) < 4.78 is 76.8. The number of benzene rings is 2. The van der Waals surface area contributed by atoms with Crippen molar-refractivity contribution in [1.82, 2.24) is 5.43 Å². The molecule has 0 bridgehead atoms. The number of rotatable bonds is 8. The standard InChI is InChI=1S/C19H15F5N2O3/c1-3-8-29-11-6-4-10(9-12(11)28-2)5-7-13(27)25-26-19-17(23)15(21)14(20)16(22)18(19)24/h3-7,9,26H,1,8H2,2H3,(H,25,27)/b7-5+. The number of hydrogen-bond donors (Lipinski definition) is 2. The van der Waals surface area contributed by atoms with Crippen molar-refractivity contribution in [1.29, 1.82) is 0 Å². The van der Waals surface area contributed by atoms with Crippen molar-refractivity contribution in [3.63, 3.8) is 0 Å². The molecule has 0 aliphatic carbocycles. The number of hydrogen-bond acceptors (Lipinski definition) is 4. The first kappa shape index (κ1) is 21.7. The number of halogens is 5. The van der Waals surface area contributed by atoms with E-state index in [4.69, 9.17) is 9.47 Å². The van der Waals surface area contributed by atoms with E-state index in [9.17, 15) is 26.7 Å². The van der Waals surface area contributed by atoms with Gasteiger partial charge in [0.2, 0.25) is 5.82 Å². The van der Waals surface area contributed by atoms with E-state index in [-0.39, 0.29) is 6.61 Å². The Bertz CT molecular complexity index is 934. The molecule has 10 heteroatoms. The predicted octanol–water partition coefficient (Wildman–Crippen LogP) is 4.11. The fourth-order valence-corrected chi connectivity index (χ4v) is 2.11. The van der Waals surface area contributed by atoms with Gasteiger partial charge in [-0.15, -0.1) is 0 Å². The molecule has 0 unspecified atom stereocenters. The summed E-state index contributed by atoms with van der Waals surface area (Å²) in [6, 6.07) is 4.74. The molecule has 2 aromatic rings. The first-order valence-electron chi connectivity index (χ1n) is 7.97. The van der Waals surface area contributed by atoms with Gasteiger partial charge in [-0.2, -0.15) is 0 Å². The Morgan fingerprint density at radius 1 is 1.03 bits per heavy atom. The molecule has 0 atom stereocenters. The Kier molecular flexibility index (Phi) is 7.18. The number of amides is 1. The zero-order valence-corrected chi connectivity index (χ0v) is 15.0. The van der Waals surface area contributed by atoms with E-state index in [1.807, 2.05) is 5.43 Å². The third-order valence-electron chi connectivity index (χ3n) is 3.49. The van der Waals surface area contributed by atoms with Crippen molar-refractivity contribution < 1.29 is 36.2 Å². The molecule has 154 valence electrons. The second-order valence-electron chi connectivity index (χ2n) is 5.40. The van der Waals surface area contributed by atoms with E-state index in [0.717, 1.165) is 6.08 Å². The molecule has 0 radical (unpaired) electrons. The van der Waals surface area contributed by atoms with Gasteiger partial charge in [-0.1, -0.05) is 18.7 Å². The topological polar surface area (TPSA) is 59.6 Å². The fraction of sp³-hybridized carbons (Fsp3) is 0.105. The smallest absolute Gasteiger partial charge is 0.262 e. The Morgan fingerprint density at radius 3 is 2.24 bits per heavy atom. The summed E-state index contributed by atoms with van der Waals surface area (Å²) in [6.07, 6.45) is 3.85. The molecule has 0 saturated carbocycles. The number of nitrogens with one attached hydrogen (secondary N) is 2. The average Bonchev–Trinajstić information content (AvgIpc) is 2.73. The number of carbonyl (C=O) groups is 1. The lowest BCUT2D eigenvalue weighted by Gasteiger charge is -2.11. The Labute approximate surface area is 162 Å². The normalized spacial score (nSPS) is 10.7. The minimum atomic E-state index is -2.30. The third kappa shape index (κ3) is 5.03. The molecule has 0 heterocycles. The molecular weight excluding hydrogens is 399 g/mol. The molecule has 0 fully saturated rings. The Hall–Kier alpha value is -3.56. The van der Waals surface area contributed by atoms with E-state index in [1.54, 1.807) is 29.7 Å². The number of methoxy groups -OCH3 is 1. The largest absolute Gasteiger partial charge is 0.493 e. The van der Waals surface area contributed by atoms with Gasteiger partial charge in [0, 0.05) is 6.08 Å². The van der Waals surface area contributed by atoms with Gasteiger partial charge in [-0.3, -0.25) is 15.6 Å². The summed E-state index contributed by atoms with van der Waals surface area (Å²) in [7, 11) is 1.42. The van der Waals surface area contributed by atoms with Crippen LogP contribution in [0.5, 0.6) is 11.5 Å². The van der Waals surface area contributed by atoms with Crippen LogP contribution in [0.25, 0.3) is 6.08 Å². The maximum Gasteiger partial charge on any atom is 0.262 e. The summed E-state index contributed by atoms with van der Waals surface area (Å²) in [5.41, 5.74) is 2.63. The summed E-state index contributed by atoms with van der Waals surface area (Å²) in [6.45, 7) is 3.79. The van der Waals surface area contributed by atoms with E-state index in [0.29, 0.717) is 17.1 Å². The molecule has 1 amide bonds. The highest BCUT2D eigenvalue weighted by molar-refractivity contribution is 5.92. The predicted molar refractivity (Wildman–Crippen MR) is 95.7 cm³/mol. The Balaban J connectivity index is 2.08. The van der Waals surface area contributed by atoms with Crippen molar-refractivity contribution in [2.45, 2.75) is 0 Å². The zero-order valence-electron chi connectivity index (χ0n) is 15.0. The van der Waals surface area contributed by atoms with E-state index in [2.05, 4.69) is 6.58 Å². The number of ether oxygens (including phenoxy) is 2. The molecule has 2 rings (SSSR count). The summed E-state index contributed by atoms with van der Waals surface area (Å²) in [4.78, 5) is 11.8. The van der Waals surface area contributed by atoms with Gasteiger partial charge in [-0.05, 0) is 23.8 Å². The molecule has 0 aliphatic rings. The third-order valence-corrected chi connectivity index (χ3v) is 3.49. The lowest BCUT2D eigenvalue weighted by atomic mass is 10.2. The van der Waals surface area contributed by atoms with Crippen molar-refractivity contribution in [2.75, 3.05) is 19.1 Å². The van der Waals surface area contributed by atoms with Gasteiger partial charge in [0.25, 0.3) is 5.91 Å². The van der Waals surface area contributed by atoms with Crippen LogP contribution in [-0.2, 0) is 4.79 Å². The highest BCUT2D eigenvalue weighted by Gasteiger charge is 2.25. The van der Waals surface area contributed by atoms with Crippen molar-refractivity contribution >= 4 is 17.7 Å². The van der Waals surface area contributed by atoms with E-state index in [1.165, 1.54) is 13.2 Å². The zero-order chi connectivity index (χ0) is 21.6. The van der Waals surface area contributed by atoms with Crippen LogP contribution in [0.1, 0.15) is 5.56 Å². The molecule has 29 heavy (non-hydrogen) atoms. The second kappa shape index (κ2) is 9.58. The van der Waals surface area contributed by atoms with Crippen molar-refractivity contribution in [3.8, 4) is 11.5 Å². The lowest BCUT2D eigenvalue weighted by molar-refractivity contribution is -0.116. The SMILES string of the molecule is C=CCOc1ccc(/C=C/C(=O)NNc2c(F)c(F)c(F)c(F)c2F)cc1OC. The quantitative estimate of drug-likeness (QED) is 0.170. The van der Waals surface area contributed by atoms with E-state index < -0.39 is 40.7 Å². The second-order valence-corrected chi connectivity index (χ2v) is 5.40. The minimum Gasteiger partial charge on any atom is -0.493 e. The maximum absolute atomic E-state index is 13.5. The molecule has 0 aliphatic heterocycles. The van der Waals surface area contributed by atoms with Gasteiger partial charge in [0.1, 0.15) is 12.3 Å². The van der Waals surface area contributed by atoms with Crippen LogP contribution in [0, 0.1) is 29.1 Å². The first-order chi connectivity index (χ1) is 13.8. The molecule has 2 N–H and O–H groups in total. The van der Waals surface area contributed by atoms with Crippen molar-refractivity contribution in [2.24, 2.45) is 0 Å². The van der Waals surface area contributed by atoms with Crippen molar-refractivity contribution in [3.05, 3.63) is 71.6 Å².